The first-order valence-electron chi connectivity index (χ1n) is 10.5. The molecule has 0 aliphatic carbocycles. The number of hydrogen-bond acceptors (Lipinski definition) is 7. The van der Waals surface area contributed by atoms with Crippen LogP contribution in [0.25, 0.3) is 16.6 Å². The number of para-hydroxylation sites is 1. The number of benzene rings is 3. The van der Waals surface area contributed by atoms with Gasteiger partial charge in [-0.15, -0.1) is 15.3 Å². The van der Waals surface area contributed by atoms with Gasteiger partial charge in [0.1, 0.15) is 11.5 Å². The molecule has 5 aromatic rings. The Bertz CT molecular complexity index is 1510. The average molecular weight is 449 g/mol. The van der Waals surface area contributed by atoms with Crippen molar-refractivity contribution in [1.82, 2.24) is 19.7 Å². The maximum absolute atomic E-state index is 13.1. The Morgan fingerprint density at radius 2 is 1.74 bits per heavy atom. The number of azo groups is 1. The van der Waals surface area contributed by atoms with Crippen molar-refractivity contribution in [2.75, 3.05) is 5.32 Å². The van der Waals surface area contributed by atoms with Gasteiger partial charge in [-0.25, -0.2) is 4.98 Å². The van der Waals surface area contributed by atoms with Gasteiger partial charge in [0.2, 0.25) is 0 Å². The van der Waals surface area contributed by atoms with Gasteiger partial charge < -0.3 is 10.4 Å². The lowest BCUT2D eigenvalue weighted by atomic mass is 10.0. The summed E-state index contributed by atoms with van der Waals surface area (Å²) in [5.41, 5.74) is 0.852. The number of anilines is 1. The highest BCUT2D eigenvalue weighted by Crippen LogP contribution is 2.38. The molecule has 0 fully saturated rings. The van der Waals surface area contributed by atoms with Crippen molar-refractivity contribution in [2.45, 2.75) is 6.92 Å². The van der Waals surface area contributed by atoms with Gasteiger partial charge in [0, 0.05) is 11.9 Å². The van der Waals surface area contributed by atoms with E-state index in [1.54, 1.807) is 55.6 Å². The maximum atomic E-state index is 13.1. The van der Waals surface area contributed by atoms with Crippen LogP contribution in [0.5, 0.6) is 5.75 Å². The fourth-order valence-corrected chi connectivity index (χ4v) is 3.54. The number of hydrogen-bond donors (Lipinski definition) is 2. The predicted molar refractivity (Wildman–Crippen MR) is 128 cm³/mol. The summed E-state index contributed by atoms with van der Waals surface area (Å²) in [6.07, 6.45) is 1.64. The number of phenols is 1. The summed E-state index contributed by atoms with van der Waals surface area (Å²) in [5, 5.41) is 27.9. The average Bonchev–Trinajstić information content (AvgIpc) is 3.24. The number of rotatable bonds is 5. The summed E-state index contributed by atoms with van der Waals surface area (Å²) in [7, 11) is 0. The highest BCUT2D eigenvalue weighted by molar-refractivity contribution is 6.16. The zero-order chi connectivity index (χ0) is 23.5. The van der Waals surface area contributed by atoms with E-state index in [0.717, 1.165) is 5.39 Å². The standard InChI is InChI=1S/C25H19N7O2/c1-16-27-25(32(31-16)21-13-7-8-14-26-21)30-29-20-15-17-9-5-6-12-19(17)22(23(20)33)24(34)28-18-10-3-2-4-11-18/h2-15,33H,1H3,(H,28,34)/b30-29+. The van der Waals surface area contributed by atoms with Crippen LogP contribution in [0.4, 0.5) is 17.3 Å². The van der Waals surface area contributed by atoms with Crippen LogP contribution in [0.1, 0.15) is 16.2 Å². The Labute approximate surface area is 194 Å². The number of aromatic nitrogens is 4. The molecule has 0 aliphatic heterocycles. The van der Waals surface area contributed by atoms with Gasteiger partial charge in [-0.3, -0.25) is 4.79 Å². The molecule has 5 rings (SSSR count). The number of nitrogens with zero attached hydrogens (tertiary/aromatic N) is 6. The van der Waals surface area contributed by atoms with Crippen LogP contribution in [-0.4, -0.2) is 30.8 Å². The number of carbonyl (C=O) groups excluding carboxylic acids is 1. The minimum absolute atomic E-state index is 0.110. The van der Waals surface area contributed by atoms with E-state index in [2.05, 4.69) is 30.6 Å². The second-order valence-corrected chi connectivity index (χ2v) is 7.42. The van der Waals surface area contributed by atoms with E-state index in [4.69, 9.17) is 0 Å². The number of pyridine rings is 1. The van der Waals surface area contributed by atoms with Crippen molar-refractivity contribution < 1.29 is 9.90 Å². The van der Waals surface area contributed by atoms with Crippen LogP contribution in [0, 0.1) is 6.92 Å². The molecule has 2 heterocycles. The molecule has 0 radical (unpaired) electrons. The third kappa shape index (κ3) is 4.09. The summed E-state index contributed by atoms with van der Waals surface area (Å²) in [6.45, 7) is 1.73. The number of aromatic hydroxyl groups is 1. The fraction of sp³-hybridized carbons (Fsp3) is 0.0400. The molecule has 0 bridgehead atoms. The van der Waals surface area contributed by atoms with E-state index in [-0.39, 0.29) is 22.9 Å². The number of carbonyl (C=O) groups is 1. The molecular weight excluding hydrogens is 430 g/mol. The highest BCUT2D eigenvalue weighted by Gasteiger charge is 2.20. The number of aryl methyl sites for hydroxylation is 1. The number of fused-ring (bicyclic) bond motifs is 1. The molecule has 0 spiro atoms. The lowest BCUT2D eigenvalue weighted by Gasteiger charge is -2.12. The molecule has 2 N–H and O–H groups in total. The van der Waals surface area contributed by atoms with E-state index in [9.17, 15) is 9.90 Å². The SMILES string of the molecule is Cc1nc(/N=N/c2cc3ccccc3c(C(=O)Nc3ccccc3)c2O)n(-c2ccccn2)n1. The third-order valence-electron chi connectivity index (χ3n) is 5.07. The molecule has 9 heteroatoms. The summed E-state index contributed by atoms with van der Waals surface area (Å²) in [5.74, 6) is 0.480. The third-order valence-corrected chi connectivity index (χ3v) is 5.07. The Kier molecular flexibility index (Phi) is 5.49. The molecule has 166 valence electrons. The van der Waals surface area contributed by atoms with E-state index >= 15 is 0 Å². The lowest BCUT2D eigenvalue weighted by molar-refractivity contribution is 0.102. The van der Waals surface area contributed by atoms with Crippen molar-refractivity contribution >= 4 is 34.0 Å². The molecule has 2 aromatic heterocycles. The smallest absolute Gasteiger partial charge is 0.273 e. The molecule has 0 saturated carbocycles. The van der Waals surface area contributed by atoms with Crippen LogP contribution in [0.3, 0.4) is 0 Å². The summed E-state index contributed by atoms with van der Waals surface area (Å²) in [4.78, 5) is 21.7. The fourth-order valence-electron chi connectivity index (χ4n) is 3.54. The van der Waals surface area contributed by atoms with Gasteiger partial charge in [0.25, 0.3) is 11.9 Å². The molecular formula is C25H19N7O2. The minimum Gasteiger partial charge on any atom is -0.505 e. The molecule has 34 heavy (non-hydrogen) atoms. The van der Waals surface area contributed by atoms with Crippen LogP contribution in [0.2, 0.25) is 0 Å². The minimum atomic E-state index is -0.454. The van der Waals surface area contributed by atoms with Crippen molar-refractivity contribution in [3.63, 3.8) is 0 Å². The van der Waals surface area contributed by atoms with Gasteiger partial charge in [-0.05, 0) is 48.0 Å². The predicted octanol–water partition coefficient (Wildman–Crippen LogP) is 5.50. The molecule has 9 nitrogen and oxygen atoms in total. The maximum Gasteiger partial charge on any atom is 0.273 e. The molecule has 0 unspecified atom stereocenters. The first-order chi connectivity index (χ1) is 16.6. The highest BCUT2D eigenvalue weighted by atomic mass is 16.3. The molecule has 1 amide bonds. The van der Waals surface area contributed by atoms with Gasteiger partial charge in [0.05, 0.1) is 5.56 Å². The number of nitrogens with one attached hydrogen (secondary N) is 1. The topological polar surface area (TPSA) is 118 Å². The van der Waals surface area contributed by atoms with Crippen LogP contribution in [-0.2, 0) is 0 Å². The zero-order valence-electron chi connectivity index (χ0n) is 18.1. The molecule has 0 aliphatic rings. The van der Waals surface area contributed by atoms with E-state index in [1.165, 1.54) is 4.68 Å². The van der Waals surface area contributed by atoms with Crippen molar-refractivity contribution in [3.8, 4) is 11.6 Å². The van der Waals surface area contributed by atoms with Gasteiger partial charge in [-0.1, -0.05) is 48.5 Å². The first kappa shape index (κ1) is 21.0. The molecule has 0 atom stereocenters. The Hall–Kier alpha value is -4.92. The van der Waals surface area contributed by atoms with Gasteiger partial charge in [-0.2, -0.15) is 9.67 Å². The van der Waals surface area contributed by atoms with Crippen LogP contribution >= 0.6 is 0 Å². The Balaban J connectivity index is 1.57. The zero-order valence-corrected chi connectivity index (χ0v) is 18.1. The van der Waals surface area contributed by atoms with Gasteiger partial charge >= 0.3 is 0 Å². The second-order valence-electron chi connectivity index (χ2n) is 7.42. The normalized spacial score (nSPS) is 11.2. The van der Waals surface area contributed by atoms with Crippen LogP contribution < -0.4 is 5.32 Å². The Morgan fingerprint density at radius 3 is 2.53 bits per heavy atom. The second kappa shape index (κ2) is 8.91. The van der Waals surface area contributed by atoms with Crippen molar-refractivity contribution in [2.24, 2.45) is 10.2 Å². The van der Waals surface area contributed by atoms with E-state index < -0.39 is 5.91 Å². The monoisotopic (exact) mass is 449 g/mol. The summed E-state index contributed by atoms with van der Waals surface area (Å²) in [6, 6.07) is 23.4. The lowest BCUT2D eigenvalue weighted by Crippen LogP contribution is -2.12. The largest absolute Gasteiger partial charge is 0.505 e. The van der Waals surface area contributed by atoms with E-state index in [1.807, 2.05) is 36.4 Å². The van der Waals surface area contributed by atoms with E-state index in [0.29, 0.717) is 22.7 Å². The Morgan fingerprint density at radius 1 is 0.971 bits per heavy atom. The molecule has 0 saturated heterocycles. The summed E-state index contributed by atoms with van der Waals surface area (Å²) >= 11 is 0. The van der Waals surface area contributed by atoms with Crippen molar-refractivity contribution in [1.29, 1.82) is 0 Å². The van der Waals surface area contributed by atoms with Crippen molar-refractivity contribution in [3.05, 3.63) is 96.4 Å². The first-order valence-corrected chi connectivity index (χ1v) is 10.5. The quantitative estimate of drug-likeness (QED) is 0.344. The number of amides is 1. The van der Waals surface area contributed by atoms with Gasteiger partial charge in [0.15, 0.2) is 11.6 Å². The molecule has 3 aromatic carbocycles. The number of phenolic OH excluding ortho intramolecular Hbond substituents is 1. The van der Waals surface area contributed by atoms with Crippen LogP contribution in [0.15, 0.2) is 95.3 Å². The summed E-state index contributed by atoms with van der Waals surface area (Å²) < 4.78 is 1.46.